The Kier molecular flexibility index (Phi) is 4.02. The number of hydrogen-bond donors (Lipinski definition) is 2. The van der Waals surface area contributed by atoms with Gasteiger partial charge in [0.05, 0.1) is 5.69 Å². The Bertz CT molecular complexity index is 753. The molecule has 2 amide bonds. The Morgan fingerprint density at radius 1 is 1.22 bits per heavy atom. The van der Waals surface area contributed by atoms with Crippen molar-refractivity contribution in [3.05, 3.63) is 59.2 Å². The summed E-state index contributed by atoms with van der Waals surface area (Å²) in [6.07, 6.45) is -0.491. The Labute approximate surface area is 134 Å². The van der Waals surface area contributed by atoms with E-state index in [0.717, 1.165) is 11.1 Å². The first-order valence-corrected chi connectivity index (χ1v) is 7.48. The molecule has 0 aromatic heterocycles. The van der Waals surface area contributed by atoms with Crippen LogP contribution in [0.3, 0.4) is 0 Å². The maximum absolute atomic E-state index is 12.1. The molecule has 1 aliphatic rings. The lowest BCUT2D eigenvalue weighted by molar-refractivity contribution is -0.122. The van der Waals surface area contributed by atoms with Crippen molar-refractivity contribution in [2.45, 2.75) is 26.5 Å². The summed E-state index contributed by atoms with van der Waals surface area (Å²) in [5.74, 6) is 0.348. The number of benzene rings is 2. The molecule has 0 aliphatic carbocycles. The van der Waals surface area contributed by atoms with Crippen LogP contribution < -0.4 is 15.4 Å². The topological polar surface area (TPSA) is 67.4 Å². The highest BCUT2D eigenvalue weighted by Crippen LogP contribution is 2.30. The SMILES string of the molecule is Cc1ccc(C(=O)NCc2ccc3c(c2)NC(=O)C(C)O3)cc1. The molecule has 0 bridgehead atoms. The molecule has 5 heteroatoms. The lowest BCUT2D eigenvalue weighted by atomic mass is 10.1. The molecule has 0 fully saturated rings. The summed E-state index contributed by atoms with van der Waals surface area (Å²) in [5.41, 5.74) is 3.26. The fourth-order valence-electron chi connectivity index (χ4n) is 2.36. The maximum Gasteiger partial charge on any atom is 0.265 e. The standard InChI is InChI=1S/C18H18N2O3/c1-11-3-6-14(7-4-11)18(22)19-10-13-5-8-16-15(9-13)20-17(21)12(2)23-16/h3-9,12H,10H2,1-2H3,(H,19,22)(H,20,21). The van der Waals surface area contributed by atoms with Gasteiger partial charge >= 0.3 is 0 Å². The summed E-state index contributed by atoms with van der Waals surface area (Å²) in [5, 5.41) is 5.67. The normalized spacial score (nSPS) is 16.1. The number of amides is 2. The maximum atomic E-state index is 12.1. The lowest BCUT2D eigenvalue weighted by Gasteiger charge is -2.23. The van der Waals surface area contributed by atoms with Crippen molar-refractivity contribution in [2.24, 2.45) is 0 Å². The van der Waals surface area contributed by atoms with Crippen LogP contribution in [0.5, 0.6) is 5.75 Å². The molecule has 0 saturated carbocycles. The number of aryl methyl sites for hydroxylation is 1. The second-order valence-electron chi connectivity index (χ2n) is 5.63. The minimum Gasteiger partial charge on any atom is -0.479 e. The number of carbonyl (C=O) groups is 2. The van der Waals surface area contributed by atoms with Gasteiger partial charge in [-0.2, -0.15) is 0 Å². The van der Waals surface area contributed by atoms with E-state index in [1.807, 2.05) is 31.2 Å². The van der Waals surface area contributed by atoms with Crippen molar-refractivity contribution in [1.82, 2.24) is 5.32 Å². The third kappa shape index (κ3) is 3.34. The Balaban J connectivity index is 1.67. The van der Waals surface area contributed by atoms with Gasteiger partial charge in [-0.25, -0.2) is 0 Å². The van der Waals surface area contributed by atoms with E-state index in [0.29, 0.717) is 23.5 Å². The van der Waals surface area contributed by atoms with Gasteiger partial charge < -0.3 is 15.4 Å². The third-order valence-corrected chi connectivity index (χ3v) is 3.74. The fraction of sp³-hybridized carbons (Fsp3) is 0.222. The lowest BCUT2D eigenvalue weighted by Crippen LogP contribution is -2.34. The van der Waals surface area contributed by atoms with Gasteiger partial charge in [0, 0.05) is 12.1 Å². The molecular weight excluding hydrogens is 292 g/mol. The van der Waals surface area contributed by atoms with Crippen molar-refractivity contribution >= 4 is 17.5 Å². The molecule has 2 aromatic carbocycles. The minimum atomic E-state index is -0.491. The quantitative estimate of drug-likeness (QED) is 0.916. The van der Waals surface area contributed by atoms with Crippen molar-refractivity contribution < 1.29 is 14.3 Å². The van der Waals surface area contributed by atoms with E-state index in [9.17, 15) is 9.59 Å². The number of ether oxygens (including phenoxy) is 1. The predicted octanol–water partition coefficient (Wildman–Crippen LogP) is 2.64. The summed E-state index contributed by atoms with van der Waals surface area (Å²) >= 11 is 0. The molecule has 1 atom stereocenters. The summed E-state index contributed by atoms with van der Waals surface area (Å²) in [4.78, 5) is 23.7. The van der Waals surface area contributed by atoms with E-state index in [-0.39, 0.29) is 11.8 Å². The van der Waals surface area contributed by atoms with E-state index in [2.05, 4.69) is 10.6 Å². The van der Waals surface area contributed by atoms with E-state index < -0.39 is 6.10 Å². The Morgan fingerprint density at radius 2 is 1.96 bits per heavy atom. The van der Waals surface area contributed by atoms with Gasteiger partial charge in [-0.3, -0.25) is 9.59 Å². The Hall–Kier alpha value is -2.82. The second kappa shape index (κ2) is 6.12. The van der Waals surface area contributed by atoms with Crippen LogP contribution in [0.15, 0.2) is 42.5 Å². The van der Waals surface area contributed by atoms with Crippen LogP contribution in [0.25, 0.3) is 0 Å². The average Bonchev–Trinajstić information content (AvgIpc) is 2.54. The van der Waals surface area contributed by atoms with Crippen molar-refractivity contribution in [1.29, 1.82) is 0 Å². The number of nitrogens with one attached hydrogen (secondary N) is 2. The van der Waals surface area contributed by atoms with Crippen molar-refractivity contribution in [3.63, 3.8) is 0 Å². The molecule has 5 nitrogen and oxygen atoms in total. The predicted molar refractivity (Wildman–Crippen MR) is 87.5 cm³/mol. The molecule has 1 heterocycles. The molecular formula is C18H18N2O3. The van der Waals surface area contributed by atoms with Crippen LogP contribution in [0.4, 0.5) is 5.69 Å². The second-order valence-corrected chi connectivity index (χ2v) is 5.63. The van der Waals surface area contributed by atoms with Gasteiger partial charge in [-0.05, 0) is 43.7 Å². The van der Waals surface area contributed by atoms with Crippen LogP contribution in [0, 0.1) is 6.92 Å². The minimum absolute atomic E-state index is 0.128. The molecule has 0 radical (unpaired) electrons. The van der Waals surface area contributed by atoms with Gasteiger partial charge in [0.15, 0.2) is 6.10 Å². The first-order valence-electron chi connectivity index (χ1n) is 7.48. The van der Waals surface area contributed by atoms with E-state index in [1.165, 1.54) is 0 Å². The van der Waals surface area contributed by atoms with Crippen LogP contribution in [0.2, 0.25) is 0 Å². The largest absolute Gasteiger partial charge is 0.479 e. The zero-order chi connectivity index (χ0) is 16.4. The highest BCUT2D eigenvalue weighted by atomic mass is 16.5. The number of rotatable bonds is 3. The third-order valence-electron chi connectivity index (χ3n) is 3.74. The summed E-state index contributed by atoms with van der Waals surface area (Å²) in [7, 11) is 0. The monoisotopic (exact) mass is 310 g/mol. The van der Waals surface area contributed by atoms with Gasteiger partial charge in [0.25, 0.3) is 11.8 Å². The highest BCUT2D eigenvalue weighted by molar-refractivity contribution is 5.97. The van der Waals surface area contributed by atoms with Crippen LogP contribution in [0.1, 0.15) is 28.4 Å². The number of hydrogen-bond acceptors (Lipinski definition) is 3. The van der Waals surface area contributed by atoms with E-state index in [4.69, 9.17) is 4.74 Å². The van der Waals surface area contributed by atoms with Crippen molar-refractivity contribution in [3.8, 4) is 5.75 Å². The number of carbonyl (C=O) groups excluding carboxylic acids is 2. The molecule has 2 N–H and O–H groups in total. The Morgan fingerprint density at radius 3 is 2.70 bits per heavy atom. The molecule has 2 aromatic rings. The van der Waals surface area contributed by atoms with E-state index >= 15 is 0 Å². The van der Waals surface area contributed by atoms with Gasteiger partial charge in [0.2, 0.25) is 0 Å². The number of anilines is 1. The van der Waals surface area contributed by atoms with Gasteiger partial charge in [-0.15, -0.1) is 0 Å². The molecule has 118 valence electrons. The van der Waals surface area contributed by atoms with Crippen LogP contribution in [-0.4, -0.2) is 17.9 Å². The van der Waals surface area contributed by atoms with Gasteiger partial charge in [0.1, 0.15) is 5.75 Å². The summed E-state index contributed by atoms with van der Waals surface area (Å²) in [6, 6.07) is 12.9. The first-order chi connectivity index (χ1) is 11.0. The molecule has 0 spiro atoms. The number of fused-ring (bicyclic) bond motifs is 1. The first kappa shape index (κ1) is 15.1. The van der Waals surface area contributed by atoms with Crippen LogP contribution >= 0.6 is 0 Å². The average molecular weight is 310 g/mol. The van der Waals surface area contributed by atoms with E-state index in [1.54, 1.807) is 25.1 Å². The zero-order valence-corrected chi connectivity index (χ0v) is 13.1. The zero-order valence-electron chi connectivity index (χ0n) is 13.1. The molecule has 1 unspecified atom stereocenters. The molecule has 1 aliphatic heterocycles. The van der Waals surface area contributed by atoms with Gasteiger partial charge in [-0.1, -0.05) is 23.8 Å². The summed E-state index contributed by atoms with van der Waals surface area (Å²) in [6.45, 7) is 4.06. The highest BCUT2D eigenvalue weighted by Gasteiger charge is 2.23. The smallest absolute Gasteiger partial charge is 0.265 e. The molecule has 3 rings (SSSR count). The summed E-state index contributed by atoms with van der Waals surface area (Å²) < 4.78 is 5.51. The molecule has 0 saturated heterocycles. The fourth-order valence-corrected chi connectivity index (χ4v) is 2.36. The van der Waals surface area contributed by atoms with Crippen molar-refractivity contribution in [2.75, 3.05) is 5.32 Å². The molecule has 23 heavy (non-hydrogen) atoms. The van der Waals surface area contributed by atoms with Crippen LogP contribution in [-0.2, 0) is 11.3 Å².